The number of carbonyl (C=O) groups excluding carboxylic acids is 2. The van der Waals surface area contributed by atoms with Gasteiger partial charge in [-0.05, 0) is 54.7 Å². The largest absolute Gasteiger partial charge is 0.298 e. The Morgan fingerprint density at radius 3 is 1.95 bits per heavy atom. The first kappa shape index (κ1) is 13.2. The molecule has 0 aromatic heterocycles. The Labute approximate surface area is 113 Å². The topological polar surface area (TPSA) is 34.1 Å². The van der Waals surface area contributed by atoms with Gasteiger partial charge in [0.15, 0.2) is 0 Å². The average molecular weight is 252 g/mol. The minimum absolute atomic E-state index is 0.654. The third-order valence-electron chi connectivity index (χ3n) is 3.75. The van der Waals surface area contributed by atoms with Crippen LogP contribution in [0.15, 0.2) is 30.3 Å². The van der Waals surface area contributed by atoms with Crippen LogP contribution in [0.5, 0.6) is 0 Å². The van der Waals surface area contributed by atoms with Gasteiger partial charge in [-0.3, -0.25) is 9.59 Å². The summed E-state index contributed by atoms with van der Waals surface area (Å²) in [6.07, 6.45) is 1.72. The van der Waals surface area contributed by atoms with Crippen molar-refractivity contribution in [3.8, 4) is 11.1 Å². The van der Waals surface area contributed by atoms with Crippen molar-refractivity contribution in [2.75, 3.05) is 0 Å². The molecule has 19 heavy (non-hydrogen) atoms. The fourth-order valence-corrected chi connectivity index (χ4v) is 2.24. The van der Waals surface area contributed by atoms with Gasteiger partial charge in [-0.25, -0.2) is 0 Å². The summed E-state index contributed by atoms with van der Waals surface area (Å²) in [5.74, 6) is 0. The third-order valence-corrected chi connectivity index (χ3v) is 3.75. The van der Waals surface area contributed by atoms with Gasteiger partial charge >= 0.3 is 0 Å². The molecule has 0 N–H and O–H groups in total. The normalized spacial score (nSPS) is 10.3. The summed E-state index contributed by atoms with van der Waals surface area (Å²) >= 11 is 0. The van der Waals surface area contributed by atoms with Crippen LogP contribution in [-0.2, 0) is 0 Å². The van der Waals surface area contributed by atoms with Gasteiger partial charge in [0, 0.05) is 11.1 Å². The molecular weight excluding hydrogens is 236 g/mol. The van der Waals surface area contributed by atoms with Crippen molar-refractivity contribution in [1.82, 2.24) is 0 Å². The van der Waals surface area contributed by atoms with E-state index < -0.39 is 0 Å². The highest BCUT2D eigenvalue weighted by atomic mass is 16.1. The Kier molecular flexibility index (Phi) is 3.61. The SMILES string of the molecule is Cc1c(C=O)cc(-c2ccc(C=O)cc2)c(C)c1C. The number of rotatable bonds is 3. The monoisotopic (exact) mass is 252 g/mol. The van der Waals surface area contributed by atoms with E-state index in [1.807, 2.05) is 32.0 Å². The van der Waals surface area contributed by atoms with E-state index in [-0.39, 0.29) is 0 Å². The molecule has 0 fully saturated rings. The Bertz CT molecular complexity index is 637. The lowest BCUT2D eigenvalue weighted by Gasteiger charge is -2.14. The summed E-state index contributed by atoms with van der Waals surface area (Å²) in [5, 5.41) is 0. The Morgan fingerprint density at radius 2 is 1.42 bits per heavy atom. The molecule has 2 rings (SSSR count). The minimum atomic E-state index is 0.654. The Morgan fingerprint density at radius 1 is 0.789 bits per heavy atom. The van der Waals surface area contributed by atoms with E-state index in [0.717, 1.165) is 40.4 Å². The van der Waals surface area contributed by atoms with Gasteiger partial charge in [-0.1, -0.05) is 24.3 Å². The van der Waals surface area contributed by atoms with Crippen LogP contribution in [0.2, 0.25) is 0 Å². The van der Waals surface area contributed by atoms with Crippen molar-refractivity contribution in [2.45, 2.75) is 20.8 Å². The molecule has 0 bridgehead atoms. The van der Waals surface area contributed by atoms with Crippen LogP contribution < -0.4 is 0 Å². The molecule has 2 nitrogen and oxygen atoms in total. The van der Waals surface area contributed by atoms with Gasteiger partial charge in [0.25, 0.3) is 0 Å². The molecule has 0 aliphatic heterocycles. The van der Waals surface area contributed by atoms with Gasteiger partial charge < -0.3 is 0 Å². The molecule has 0 aliphatic rings. The highest BCUT2D eigenvalue weighted by Gasteiger charge is 2.10. The molecule has 2 heteroatoms. The summed E-state index contributed by atoms with van der Waals surface area (Å²) < 4.78 is 0. The molecule has 0 saturated heterocycles. The van der Waals surface area contributed by atoms with E-state index in [2.05, 4.69) is 6.92 Å². The predicted octanol–water partition coefficient (Wildman–Crippen LogP) is 3.90. The van der Waals surface area contributed by atoms with Crippen molar-refractivity contribution in [1.29, 1.82) is 0 Å². The van der Waals surface area contributed by atoms with Crippen LogP contribution in [0.25, 0.3) is 11.1 Å². The first-order chi connectivity index (χ1) is 9.08. The van der Waals surface area contributed by atoms with Crippen LogP contribution in [-0.4, -0.2) is 12.6 Å². The maximum absolute atomic E-state index is 11.1. The van der Waals surface area contributed by atoms with E-state index in [9.17, 15) is 9.59 Å². The molecule has 0 amide bonds. The number of benzene rings is 2. The molecule has 2 aromatic carbocycles. The fourth-order valence-electron chi connectivity index (χ4n) is 2.24. The Balaban J connectivity index is 2.63. The lowest BCUT2D eigenvalue weighted by Crippen LogP contribution is -1.97. The van der Waals surface area contributed by atoms with Crippen molar-refractivity contribution >= 4 is 12.6 Å². The zero-order valence-electron chi connectivity index (χ0n) is 11.4. The average Bonchev–Trinajstić information content (AvgIpc) is 2.45. The minimum Gasteiger partial charge on any atom is -0.298 e. The van der Waals surface area contributed by atoms with Crippen LogP contribution in [0.4, 0.5) is 0 Å². The van der Waals surface area contributed by atoms with Gasteiger partial charge in [0.1, 0.15) is 12.6 Å². The maximum Gasteiger partial charge on any atom is 0.150 e. The third kappa shape index (κ3) is 2.34. The zero-order chi connectivity index (χ0) is 14.0. The van der Waals surface area contributed by atoms with Crippen molar-refractivity contribution < 1.29 is 9.59 Å². The van der Waals surface area contributed by atoms with E-state index in [0.29, 0.717) is 5.56 Å². The Hall–Kier alpha value is -2.22. The summed E-state index contributed by atoms with van der Waals surface area (Å²) in [6.45, 7) is 6.05. The number of hydrogen-bond donors (Lipinski definition) is 0. The lowest BCUT2D eigenvalue weighted by atomic mass is 9.90. The first-order valence-corrected chi connectivity index (χ1v) is 6.20. The molecule has 0 unspecified atom stereocenters. The predicted molar refractivity (Wildman–Crippen MR) is 76.9 cm³/mol. The molecule has 0 radical (unpaired) electrons. The standard InChI is InChI=1S/C17H16O2/c1-11-12(2)16(10-19)8-17(13(11)3)15-6-4-14(9-18)5-7-15/h4-10H,1-3H3. The van der Waals surface area contributed by atoms with Gasteiger partial charge in [-0.15, -0.1) is 0 Å². The van der Waals surface area contributed by atoms with Gasteiger partial charge in [0.2, 0.25) is 0 Å². The molecule has 0 heterocycles. The van der Waals surface area contributed by atoms with Crippen LogP contribution in [0.3, 0.4) is 0 Å². The molecule has 0 spiro atoms. The van der Waals surface area contributed by atoms with Crippen molar-refractivity contribution in [2.24, 2.45) is 0 Å². The number of hydrogen-bond acceptors (Lipinski definition) is 2. The van der Waals surface area contributed by atoms with E-state index in [4.69, 9.17) is 0 Å². The quantitative estimate of drug-likeness (QED) is 0.776. The summed E-state index contributed by atoms with van der Waals surface area (Å²) in [7, 11) is 0. The second kappa shape index (κ2) is 5.19. The highest BCUT2D eigenvalue weighted by molar-refractivity contribution is 5.84. The van der Waals surface area contributed by atoms with Crippen LogP contribution >= 0.6 is 0 Å². The first-order valence-electron chi connectivity index (χ1n) is 6.20. The molecule has 0 atom stereocenters. The highest BCUT2D eigenvalue weighted by Crippen LogP contribution is 2.29. The summed E-state index contributed by atoms with van der Waals surface area (Å²) in [4.78, 5) is 21.8. The van der Waals surface area contributed by atoms with Gasteiger partial charge in [0.05, 0.1) is 0 Å². The van der Waals surface area contributed by atoms with E-state index in [1.165, 1.54) is 5.56 Å². The summed E-state index contributed by atoms with van der Waals surface area (Å²) in [5.41, 5.74) is 6.78. The molecule has 96 valence electrons. The summed E-state index contributed by atoms with van der Waals surface area (Å²) in [6, 6.07) is 9.32. The molecule has 2 aromatic rings. The molecular formula is C17H16O2. The zero-order valence-corrected chi connectivity index (χ0v) is 11.4. The second-order valence-electron chi connectivity index (χ2n) is 4.75. The fraction of sp³-hybridized carbons (Fsp3) is 0.176. The van der Waals surface area contributed by atoms with Crippen LogP contribution in [0, 0.1) is 20.8 Å². The second-order valence-corrected chi connectivity index (χ2v) is 4.75. The maximum atomic E-state index is 11.1. The van der Waals surface area contributed by atoms with Crippen molar-refractivity contribution in [3.05, 3.63) is 58.1 Å². The molecule has 0 aliphatic carbocycles. The van der Waals surface area contributed by atoms with Gasteiger partial charge in [-0.2, -0.15) is 0 Å². The van der Waals surface area contributed by atoms with Crippen molar-refractivity contribution in [3.63, 3.8) is 0 Å². The van der Waals surface area contributed by atoms with E-state index >= 15 is 0 Å². The van der Waals surface area contributed by atoms with E-state index in [1.54, 1.807) is 12.1 Å². The van der Waals surface area contributed by atoms with Crippen LogP contribution in [0.1, 0.15) is 37.4 Å². The molecule has 0 saturated carbocycles. The smallest absolute Gasteiger partial charge is 0.150 e. The number of carbonyl (C=O) groups is 2. The lowest BCUT2D eigenvalue weighted by molar-refractivity contribution is 0.111. The number of aldehydes is 2.